The Balaban J connectivity index is 2.69. The van der Waals surface area contributed by atoms with Crippen LogP contribution in [0.15, 0.2) is 21.1 Å². The monoisotopic (exact) mass is 361 g/mol. The van der Waals surface area contributed by atoms with Crippen molar-refractivity contribution in [2.24, 2.45) is 0 Å². The molecule has 0 saturated heterocycles. The highest BCUT2D eigenvalue weighted by Gasteiger charge is 2.04. The Kier molecular flexibility index (Phi) is 5.66. The first-order valence-electron chi connectivity index (χ1n) is 4.88. The second-order valence-corrected chi connectivity index (χ2v) is 4.99. The van der Waals surface area contributed by atoms with Crippen LogP contribution in [0.4, 0.5) is 4.39 Å². The summed E-state index contributed by atoms with van der Waals surface area (Å²) < 4.78 is 14.2. The molecule has 0 fully saturated rings. The normalized spacial score (nSPS) is 9.41. The van der Waals surface area contributed by atoms with Gasteiger partial charge in [-0.1, -0.05) is 11.8 Å². The van der Waals surface area contributed by atoms with Crippen LogP contribution in [0.1, 0.15) is 18.9 Å². The summed E-state index contributed by atoms with van der Waals surface area (Å²) in [6.07, 6.45) is 0.551. The molecule has 1 aromatic rings. The molecule has 0 aliphatic rings. The quantitative estimate of drug-likeness (QED) is 0.635. The molecule has 0 aromatic heterocycles. The van der Waals surface area contributed by atoms with Crippen LogP contribution in [0, 0.1) is 17.7 Å². The van der Waals surface area contributed by atoms with Crippen LogP contribution in [0.3, 0.4) is 0 Å². The van der Waals surface area contributed by atoms with E-state index in [1.165, 1.54) is 19.1 Å². The standard InChI is InChI=1S/C12H10Br2FNO/c1-8(17)16-5-3-2-4-10-11(13)6-9(15)7-12(10)14/h6-7H,3,5H2,1H3,(H,16,17). The Labute approximate surface area is 116 Å². The first kappa shape index (κ1) is 14.2. The van der Waals surface area contributed by atoms with Crippen molar-refractivity contribution in [1.29, 1.82) is 0 Å². The van der Waals surface area contributed by atoms with Gasteiger partial charge in [-0.2, -0.15) is 0 Å². The molecule has 0 unspecified atom stereocenters. The number of benzene rings is 1. The average molecular weight is 363 g/mol. The van der Waals surface area contributed by atoms with E-state index < -0.39 is 0 Å². The van der Waals surface area contributed by atoms with Crippen LogP contribution in [-0.4, -0.2) is 12.5 Å². The van der Waals surface area contributed by atoms with E-state index in [2.05, 4.69) is 49.0 Å². The molecule has 1 amide bonds. The minimum atomic E-state index is -0.326. The Morgan fingerprint density at radius 3 is 2.53 bits per heavy atom. The minimum Gasteiger partial charge on any atom is -0.355 e. The third-order valence-corrected chi connectivity index (χ3v) is 3.10. The second kappa shape index (κ2) is 6.77. The van der Waals surface area contributed by atoms with Crippen LogP contribution in [0.5, 0.6) is 0 Å². The minimum absolute atomic E-state index is 0.0732. The predicted molar refractivity (Wildman–Crippen MR) is 72.0 cm³/mol. The van der Waals surface area contributed by atoms with Crippen molar-refractivity contribution < 1.29 is 9.18 Å². The van der Waals surface area contributed by atoms with Crippen LogP contribution in [-0.2, 0) is 4.79 Å². The summed E-state index contributed by atoms with van der Waals surface area (Å²) in [6, 6.07) is 2.73. The number of rotatable bonds is 2. The van der Waals surface area contributed by atoms with Gasteiger partial charge in [0.15, 0.2) is 0 Å². The van der Waals surface area contributed by atoms with Crippen molar-refractivity contribution >= 4 is 37.8 Å². The lowest BCUT2D eigenvalue weighted by atomic mass is 10.2. The molecule has 0 spiro atoms. The number of halogens is 3. The van der Waals surface area contributed by atoms with Gasteiger partial charge in [-0.3, -0.25) is 4.79 Å². The molecule has 0 atom stereocenters. The molecule has 5 heteroatoms. The molecule has 90 valence electrons. The number of hydrogen-bond donors (Lipinski definition) is 1. The van der Waals surface area contributed by atoms with E-state index in [4.69, 9.17) is 0 Å². The third kappa shape index (κ3) is 4.88. The highest BCUT2D eigenvalue weighted by Crippen LogP contribution is 2.25. The fourth-order valence-electron chi connectivity index (χ4n) is 1.11. The molecule has 0 aliphatic heterocycles. The largest absolute Gasteiger partial charge is 0.355 e. The lowest BCUT2D eigenvalue weighted by Crippen LogP contribution is -2.20. The molecule has 2 nitrogen and oxygen atoms in total. The van der Waals surface area contributed by atoms with Crippen molar-refractivity contribution in [2.45, 2.75) is 13.3 Å². The first-order chi connectivity index (χ1) is 8.00. The summed E-state index contributed by atoms with van der Waals surface area (Å²) >= 11 is 6.50. The second-order valence-electron chi connectivity index (χ2n) is 3.28. The molecule has 0 saturated carbocycles. The number of nitrogens with one attached hydrogen (secondary N) is 1. The van der Waals surface area contributed by atoms with E-state index in [-0.39, 0.29) is 11.7 Å². The van der Waals surface area contributed by atoms with Crippen molar-refractivity contribution in [3.8, 4) is 11.8 Å². The molecule has 0 aliphatic carbocycles. The smallest absolute Gasteiger partial charge is 0.216 e. The van der Waals surface area contributed by atoms with Crippen molar-refractivity contribution in [1.82, 2.24) is 5.32 Å². The van der Waals surface area contributed by atoms with Crippen LogP contribution < -0.4 is 5.32 Å². The van der Waals surface area contributed by atoms with Crippen LogP contribution >= 0.6 is 31.9 Å². The van der Waals surface area contributed by atoms with E-state index in [9.17, 15) is 9.18 Å². The molecule has 0 bridgehead atoms. The maximum atomic E-state index is 13.0. The van der Waals surface area contributed by atoms with Gasteiger partial charge in [0.1, 0.15) is 5.82 Å². The first-order valence-corrected chi connectivity index (χ1v) is 6.47. The zero-order valence-corrected chi connectivity index (χ0v) is 12.3. The van der Waals surface area contributed by atoms with E-state index in [1.807, 2.05) is 0 Å². The number of amides is 1. The average Bonchev–Trinajstić information content (AvgIpc) is 2.20. The number of carbonyl (C=O) groups excluding carboxylic acids is 1. The SMILES string of the molecule is CC(=O)NCCC#Cc1c(Br)cc(F)cc1Br. The van der Waals surface area contributed by atoms with Gasteiger partial charge in [0.25, 0.3) is 0 Å². The van der Waals surface area contributed by atoms with Crippen molar-refractivity contribution in [3.63, 3.8) is 0 Å². The fraction of sp³-hybridized carbons (Fsp3) is 0.250. The maximum Gasteiger partial charge on any atom is 0.216 e. The molecule has 1 aromatic carbocycles. The summed E-state index contributed by atoms with van der Waals surface area (Å²) in [5.74, 6) is 5.43. The van der Waals surface area contributed by atoms with Gasteiger partial charge in [0.2, 0.25) is 5.91 Å². The zero-order valence-electron chi connectivity index (χ0n) is 9.11. The Hall–Kier alpha value is -0.860. The van der Waals surface area contributed by atoms with Crippen LogP contribution in [0.25, 0.3) is 0 Å². The maximum absolute atomic E-state index is 13.0. The van der Waals surface area contributed by atoms with Crippen LogP contribution in [0.2, 0.25) is 0 Å². The van der Waals surface area contributed by atoms with Gasteiger partial charge in [-0.15, -0.1) is 0 Å². The number of carbonyl (C=O) groups is 1. The molecule has 1 N–H and O–H groups in total. The zero-order chi connectivity index (χ0) is 12.8. The van der Waals surface area contributed by atoms with Gasteiger partial charge in [0.05, 0.1) is 5.56 Å². The summed E-state index contributed by atoms with van der Waals surface area (Å²) in [5.41, 5.74) is 0.703. The number of hydrogen-bond acceptors (Lipinski definition) is 1. The highest BCUT2D eigenvalue weighted by atomic mass is 79.9. The van der Waals surface area contributed by atoms with E-state index in [1.54, 1.807) is 0 Å². The summed E-state index contributed by atoms with van der Waals surface area (Å²) in [4.78, 5) is 10.6. The van der Waals surface area contributed by atoms with Gasteiger partial charge in [-0.25, -0.2) is 4.39 Å². The molecule has 0 heterocycles. The summed E-state index contributed by atoms with van der Waals surface area (Å²) in [7, 11) is 0. The van der Waals surface area contributed by atoms with E-state index in [0.717, 1.165) is 0 Å². The van der Waals surface area contributed by atoms with Gasteiger partial charge in [0, 0.05) is 28.8 Å². The van der Waals surface area contributed by atoms with Gasteiger partial charge in [-0.05, 0) is 44.0 Å². The van der Waals surface area contributed by atoms with Gasteiger partial charge < -0.3 is 5.32 Å². The summed E-state index contributed by atoms with van der Waals surface area (Å²) in [5, 5.41) is 2.65. The molecular weight excluding hydrogens is 353 g/mol. The van der Waals surface area contributed by atoms with E-state index in [0.29, 0.717) is 27.5 Å². The molecular formula is C12H10Br2FNO. The fourth-order valence-corrected chi connectivity index (χ4v) is 2.44. The Morgan fingerprint density at radius 2 is 2.00 bits per heavy atom. The van der Waals surface area contributed by atoms with Crippen molar-refractivity contribution in [2.75, 3.05) is 6.54 Å². The van der Waals surface area contributed by atoms with E-state index >= 15 is 0 Å². The molecule has 0 radical (unpaired) electrons. The molecule has 1 rings (SSSR count). The Bertz CT molecular complexity index is 468. The lowest BCUT2D eigenvalue weighted by Gasteiger charge is -2.00. The lowest BCUT2D eigenvalue weighted by molar-refractivity contribution is -0.118. The Morgan fingerprint density at radius 1 is 1.41 bits per heavy atom. The van der Waals surface area contributed by atoms with Crippen molar-refractivity contribution in [3.05, 3.63) is 32.5 Å². The molecule has 17 heavy (non-hydrogen) atoms. The van der Waals surface area contributed by atoms with Gasteiger partial charge >= 0.3 is 0 Å². The summed E-state index contributed by atoms with van der Waals surface area (Å²) in [6.45, 7) is 1.97. The highest BCUT2D eigenvalue weighted by molar-refractivity contribution is 9.11. The third-order valence-electron chi connectivity index (χ3n) is 1.84. The predicted octanol–water partition coefficient (Wildman–Crippen LogP) is 3.23. The topological polar surface area (TPSA) is 29.1 Å².